The van der Waals surface area contributed by atoms with Crippen LogP contribution >= 0.6 is 11.8 Å². The average molecular weight is 426 g/mol. The molecule has 0 spiro atoms. The van der Waals surface area contributed by atoms with Gasteiger partial charge in [0, 0.05) is 32.1 Å². The Morgan fingerprint density at radius 2 is 1.63 bits per heavy atom. The van der Waals surface area contributed by atoms with Crippen LogP contribution in [0.1, 0.15) is 40.7 Å². The number of nitrogens with zero attached hydrogens (tertiary/aromatic N) is 2. The van der Waals surface area contributed by atoms with E-state index in [1.807, 2.05) is 30.3 Å². The number of carbonyl (C=O) groups is 2. The SMILES string of the molecule is CN(C)C(=O)CSc1ccccc1C(=O)NCc1ccccc1CN1CCCCC1. The van der Waals surface area contributed by atoms with Crippen molar-refractivity contribution in [2.75, 3.05) is 32.9 Å². The second-order valence-corrected chi connectivity index (χ2v) is 8.88. The van der Waals surface area contributed by atoms with Gasteiger partial charge in [0.25, 0.3) is 5.91 Å². The summed E-state index contributed by atoms with van der Waals surface area (Å²) in [6, 6.07) is 15.8. The maximum Gasteiger partial charge on any atom is 0.252 e. The Kier molecular flexibility index (Phi) is 8.34. The van der Waals surface area contributed by atoms with Crippen molar-refractivity contribution in [3.63, 3.8) is 0 Å². The van der Waals surface area contributed by atoms with Gasteiger partial charge in [0.2, 0.25) is 5.91 Å². The minimum atomic E-state index is -0.108. The van der Waals surface area contributed by atoms with Gasteiger partial charge in [-0.1, -0.05) is 42.8 Å². The van der Waals surface area contributed by atoms with Gasteiger partial charge < -0.3 is 10.2 Å². The van der Waals surface area contributed by atoms with Crippen LogP contribution in [0.15, 0.2) is 53.4 Å². The van der Waals surface area contributed by atoms with Crippen LogP contribution in [0.25, 0.3) is 0 Å². The molecule has 0 radical (unpaired) electrons. The van der Waals surface area contributed by atoms with E-state index in [9.17, 15) is 9.59 Å². The number of benzene rings is 2. The highest BCUT2D eigenvalue weighted by molar-refractivity contribution is 8.00. The zero-order valence-electron chi connectivity index (χ0n) is 17.9. The summed E-state index contributed by atoms with van der Waals surface area (Å²) in [5.41, 5.74) is 3.05. The van der Waals surface area contributed by atoms with E-state index >= 15 is 0 Å². The Bertz CT molecular complexity index is 863. The van der Waals surface area contributed by atoms with E-state index in [4.69, 9.17) is 0 Å². The molecule has 1 heterocycles. The maximum absolute atomic E-state index is 12.9. The first-order chi connectivity index (χ1) is 14.5. The normalized spacial score (nSPS) is 14.3. The van der Waals surface area contributed by atoms with Gasteiger partial charge in [-0.15, -0.1) is 11.8 Å². The van der Waals surface area contributed by atoms with Gasteiger partial charge in [-0.25, -0.2) is 0 Å². The standard InChI is InChI=1S/C24H31N3O2S/c1-26(2)23(28)18-30-22-13-7-6-12-21(22)24(29)25-16-19-10-4-5-11-20(19)17-27-14-8-3-9-15-27/h4-7,10-13H,3,8-9,14-18H2,1-2H3,(H,25,29). The fourth-order valence-corrected chi connectivity index (χ4v) is 4.59. The van der Waals surface area contributed by atoms with Crippen molar-refractivity contribution >= 4 is 23.6 Å². The zero-order chi connectivity index (χ0) is 21.3. The van der Waals surface area contributed by atoms with Gasteiger partial charge in [0.1, 0.15) is 0 Å². The number of amides is 2. The first-order valence-corrected chi connectivity index (χ1v) is 11.5. The third-order valence-corrected chi connectivity index (χ3v) is 6.44. The number of thioether (sulfide) groups is 1. The molecular formula is C24H31N3O2S. The Labute approximate surface area is 183 Å². The van der Waals surface area contributed by atoms with E-state index in [-0.39, 0.29) is 11.8 Å². The number of rotatable bonds is 8. The summed E-state index contributed by atoms with van der Waals surface area (Å²) in [5.74, 6) is 0.237. The number of piperidine rings is 1. The maximum atomic E-state index is 12.9. The molecule has 2 aromatic rings. The minimum Gasteiger partial charge on any atom is -0.348 e. The van der Waals surface area contributed by atoms with E-state index in [1.54, 1.807) is 19.0 Å². The molecule has 2 aromatic carbocycles. The average Bonchev–Trinajstić information content (AvgIpc) is 2.77. The summed E-state index contributed by atoms with van der Waals surface area (Å²) < 4.78 is 0. The van der Waals surface area contributed by atoms with Crippen molar-refractivity contribution in [1.82, 2.24) is 15.1 Å². The molecule has 0 atom stereocenters. The largest absolute Gasteiger partial charge is 0.348 e. The lowest BCUT2D eigenvalue weighted by Crippen LogP contribution is -2.30. The monoisotopic (exact) mass is 425 g/mol. The fraction of sp³-hybridized carbons (Fsp3) is 0.417. The number of nitrogens with one attached hydrogen (secondary N) is 1. The molecule has 30 heavy (non-hydrogen) atoms. The highest BCUT2D eigenvalue weighted by atomic mass is 32.2. The van der Waals surface area contributed by atoms with E-state index in [2.05, 4.69) is 28.4 Å². The molecular weight excluding hydrogens is 394 g/mol. The Morgan fingerprint density at radius 3 is 2.37 bits per heavy atom. The van der Waals surface area contributed by atoms with Crippen molar-refractivity contribution in [2.24, 2.45) is 0 Å². The molecule has 1 aliphatic rings. The van der Waals surface area contributed by atoms with Crippen molar-refractivity contribution in [3.05, 3.63) is 65.2 Å². The van der Waals surface area contributed by atoms with Gasteiger partial charge in [-0.05, 0) is 49.2 Å². The molecule has 1 fully saturated rings. The van der Waals surface area contributed by atoms with Gasteiger partial charge >= 0.3 is 0 Å². The lowest BCUT2D eigenvalue weighted by atomic mass is 10.0. The van der Waals surface area contributed by atoms with Crippen molar-refractivity contribution < 1.29 is 9.59 Å². The first-order valence-electron chi connectivity index (χ1n) is 10.5. The van der Waals surface area contributed by atoms with Crippen LogP contribution in [0.2, 0.25) is 0 Å². The van der Waals surface area contributed by atoms with Gasteiger partial charge in [0.15, 0.2) is 0 Å². The fourth-order valence-electron chi connectivity index (χ4n) is 3.56. The van der Waals surface area contributed by atoms with Gasteiger partial charge in [0.05, 0.1) is 11.3 Å². The van der Waals surface area contributed by atoms with Gasteiger partial charge in [-0.2, -0.15) is 0 Å². The predicted molar refractivity (Wildman–Crippen MR) is 123 cm³/mol. The van der Waals surface area contributed by atoms with Crippen LogP contribution < -0.4 is 5.32 Å². The highest BCUT2D eigenvalue weighted by Crippen LogP contribution is 2.23. The molecule has 160 valence electrons. The summed E-state index contributed by atoms with van der Waals surface area (Å²) in [6.45, 7) is 3.73. The summed E-state index contributed by atoms with van der Waals surface area (Å²) in [7, 11) is 3.48. The summed E-state index contributed by atoms with van der Waals surface area (Å²) in [4.78, 5) is 29.7. The van der Waals surface area contributed by atoms with Gasteiger partial charge in [-0.3, -0.25) is 14.5 Å². The lowest BCUT2D eigenvalue weighted by Gasteiger charge is -2.27. The van der Waals surface area contributed by atoms with E-state index in [1.165, 1.54) is 36.6 Å². The summed E-state index contributed by atoms with van der Waals surface area (Å²) >= 11 is 1.40. The predicted octanol–water partition coefficient (Wildman–Crippen LogP) is 3.78. The van der Waals surface area contributed by atoms with E-state index < -0.39 is 0 Å². The smallest absolute Gasteiger partial charge is 0.252 e. The molecule has 1 aliphatic heterocycles. The van der Waals surface area contributed by atoms with E-state index in [0.29, 0.717) is 17.9 Å². The molecule has 2 amide bonds. The molecule has 0 bridgehead atoms. The number of hydrogen-bond donors (Lipinski definition) is 1. The molecule has 1 N–H and O–H groups in total. The summed E-state index contributed by atoms with van der Waals surface area (Å²) in [5, 5.41) is 3.08. The first kappa shape index (κ1) is 22.4. The minimum absolute atomic E-state index is 0.0295. The Balaban J connectivity index is 1.63. The molecule has 0 saturated carbocycles. The zero-order valence-corrected chi connectivity index (χ0v) is 18.7. The molecule has 0 aliphatic carbocycles. The van der Waals surface area contributed by atoms with Crippen LogP contribution in [-0.4, -0.2) is 54.6 Å². The number of likely N-dealkylation sites (tertiary alicyclic amines) is 1. The second-order valence-electron chi connectivity index (χ2n) is 7.86. The molecule has 5 nitrogen and oxygen atoms in total. The van der Waals surface area contributed by atoms with Crippen LogP contribution in [0.3, 0.4) is 0 Å². The van der Waals surface area contributed by atoms with E-state index in [0.717, 1.165) is 30.1 Å². The van der Waals surface area contributed by atoms with Crippen molar-refractivity contribution in [2.45, 2.75) is 37.2 Å². The lowest BCUT2D eigenvalue weighted by molar-refractivity contribution is -0.125. The Hall–Kier alpha value is -2.31. The Morgan fingerprint density at radius 1 is 0.967 bits per heavy atom. The summed E-state index contributed by atoms with van der Waals surface area (Å²) in [6.07, 6.45) is 3.86. The molecule has 0 unspecified atom stereocenters. The van der Waals surface area contributed by atoms with Crippen LogP contribution in [0.5, 0.6) is 0 Å². The highest BCUT2D eigenvalue weighted by Gasteiger charge is 2.15. The molecule has 6 heteroatoms. The van der Waals surface area contributed by atoms with Crippen LogP contribution in [0.4, 0.5) is 0 Å². The molecule has 0 aromatic heterocycles. The second kappa shape index (κ2) is 11.2. The third-order valence-electron chi connectivity index (χ3n) is 5.38. The van der Waals surface area contributed by atoms with Crippen molar-refractivity contribution in [3.8, 4) is 0 Å². The quantitative estimate of drug-likeness (QED) is 0.654. The number of carbonyl (C=O) groups excluding carboxylic acids is 2. The number of hydrogen-bond acceptors (Lipinski definition) is 4. The molecule has 1 saturated heterocycles. The van der Waals surface area contributed by atoms with Crippen LogP contribution in [-0.2, 0) is 17.9 Å². The molecule has 3 rings (SSSR count). The van der Waals surface area contributed by atoms with Crippen LogP contribution in [0, 0.1) is 0 Å². The topological polar surface area (TPSA) is 52.7 Å². The van der Waals surface area contributed by atoms with Crippen molar-refractivity contribution in [1.29, 1.82) is 0 Å². The third kappa shape index (κ3) is 6.34.